The average molecular weight is 578 g/mol. The van der Waals surface area contributed by atoms with E-state index < -0.39 is 5.97 Å². The first-order valence-electron chi connectivity index (χ1n) is 13.7. The van der Waals surface area contributed by atoms with Gasteiger partial charge in [0.25, 0.3) is 5.91 Å². The van der Waals surface area contributed by atoms with Crippen molar-refractivity contribution in [3.63, 3.8) is 0 Å². The van der Waals surface area contributed by atoms with Gasteiger partial charge in [-0.3, -0.25) is 4.79 Å². The number of aromatic nitrogens is 2. The Bertz CT molecular complexity index is 1530. The van der Waals surface area contributed by atoms with Gasteiger partial charge in [0, 0.05) is 30.3 Å². The van der Waals surface area contributed by atoms with Crippen LogP contribution >= 0.6 is 24.2 Å². The van der Waals surface area contributed by atoms with Crippen LogP contribution in [0.2, 0.25) is 5.02 Å². The second-order valence-electron chi connectivity index (χ2n) is 10.7. The number of amides is 1. The third-order valence-corrected chi connectivity index (χ3v) is 7.76. The molecule has 0 aliphatic carbocycles. The number of carboxylic acid groups (broad SMARTS) is 1. The zero-order chi connectivity index (χ0) is 29.0. The number of benzene rings is 3. The molecular weight excluding hydrogens is 542 g/mol. The van der Waals surface area contributed by atoms with Gasteiger partial charge in [-0.25, -0.2) is 9.78 Å². The van der Waals surface area contributed by atoms with Crippen molar-refractivity contribution >= 4 is 47.1 Å². The minimum absolute atomic E-state index is 0.00653. The van der Waals surface area contributed by atoms with Gasteiger partial charge in [0.05, 0.1) is 21.6 Å². The lowest BCUT2D eigenvalue weighted by Gasteiger charge is -2.19. The summed E-state index contributed by atoms with van der Waals surface area (Å²) < 4.78 is 2.18. The van der Waals surface area contributed by atoms with E-state index in [1.807, 2.05) is 43.3 Å². The lowest BCUT2D eigenvalue weighted by molar-refractivity contribution is 0.0697. The average Bonchev–Trinajstić information content (AvgIpc) is 3.25. The van der Waals surface area contributed by atoms with Crippen molar-refractivity contribution in [2.45, 2.75) is 59.5 Å². The summed E-state index contributed by atoms with van der Waals surface area (Å²) in [7, 11) is 0. The quantitative estimate of drug-likeness (QED) is 0.162. The van der Waals surface area contributed by atoms with Crippen LogP contribution in [0.1, 0.15) is 71.3 Å². The van der Waals surface area contributed by atoms with Gasteiger partial charge in [0.15, 0.2) is 0 Å². The number of hydrogen-bond acceptors (Lipinski definition) is 4. The molecular formula is C32H36ClN3O3S. The molecule has 0 bridgehead atoms. The highest BCUT2D eigenvalue weighted by Gasteiger charge is 2.19. The Morgan fingerprint density at radius 1 is 1.12 bits per heavy atom. The van der Waals surface area contributed by atoms with Crippen molar-refractivity contribution in [1.29, 1.82) is 0 Å². The summed E-state index contributed by atoms with van der Waals surface area (Å²) in [4.78, 5) is 30.0. The number of thiol groups is 1. The van der Waals surface area contributed by atoms with E-state index in [0.717, 1.165) is 52.8 Å². The molecule has 0 spiro atoms. The number of aromatic carboxylic acids is 1. The minimum Gasteiger partial charge on any atom is -0.478 e. The molecule has 8 heteroatoms. The number of aryl methyl sites for hydroxylation is 2. The largest absolute Gasteiger partial charge is 0.478 e. The molecule has 6 nitrogen and oxygen atoms in total. The van der Waals surface area contributed by atoms with Crippen LogP contribution in [0.25, 0.3) is 22.2 Å². The van der Waals surface area contributed by atoms with Gasteiger partial charge in [-0.1, -0.05) is 68.8 Å². The third-order valence-electron chi connectivity index (χ3n) is 7.00. The van der Waals surface area contributed by atoms with Gasteiger partial charge < -0.3 is 15.0 Å². The molecule has 0 saturated carbocycles. The van der Waals surface area contributed by atoms with E-state index in [1.165, 1.54) is 0 Å². The van der Waals surface area contributed by atoms with E-state index in [1.54, 1.807) is 18.2 Å². The maximum absolute atomic E-state index is 13.2. The number of nitrogens with one attached hydrogen (secondary N) is 1. The third kappa shape index (κ3) is 6.53. The molecule has 4 rings (SSSR count). The molecule has 1 aromatic heterocycles. The monoisotopic (exact) mass is 577 g/mol. The highest BCUT2D eigenvalue weighted by atomic mass is 35.5. The number of nitrogens with zero attached hydrogens (tertiary/aromatic N) is 2. The summed E-state index contributed by atoms with van der Waals surface area (Å²) in [5.74, 6) is 0.857. The Labute approximate surface area is 246 Å². The molecule has 210 valence electrons. The van der Waals surface area contributed by atoms with Gasteiger partial charge in [-0.2, -0.15) is 12.6 Å². The summed E-state index contributed by atoms with van der Waals surface area (Å²) in [5, 5.41) is 13.0. The second kappa shape index (κ2) is 12.9. The molecule has 4 aromatic rings. The maximum Gasteiger partial charge on any atom is 0.337 e. The van der Waals surface area contributed by atoms with Gasteiger partial charge in [-0.15, -0.1) is 0 Å². The predicted molar refractivity (Wildman–Crippen MR) is 166 cm³/mol. The van der Waals surface area contributed by atoms with E-state index >= 15 is 0 Å². The number of imidazole rings is 1. The lowest BCUT2D eigenvalue weighted by Crippen LogP contribution is -2.37. The van der Waals surface area contributed by atoms with Crippen LogP contribution in [-0.2, 0) is 13.0 Å². The van der Waals surface area contributed by atoms with Crippen LogP contribution in [-0.4, -0.2) is 38.3 Å². The molecule has 2 N–H and O–H groups in total. The number of carboxylic acids is 1. The summed E-state index contributed by atoms with van der Waals surface area (Å²) in [6.45, 7) is 8.97. The first kappa shape index (κ1) is 29.7. The summed E-state index contributed by atoms with van der Waals surface area (Å²) >= 11 is 10.6. The summed E-state index contributed by atoms with van der Waals surface area (Å²) in [5.41, 5.74) is 5.89. The van der Waals surface area contributed by atoms with Gasteiger partial charge in [0.1, 0.15) is 5.82 Å². The number of rotatable bonds is 11. The molecule has 3 aromatic carbocycles. The predicted octanol–water partition coefficient (Wildman–Crippen LogP) is 7.44. The first-order valence-corrected chi connectivity index (χ1v) is 14.7. The van der Waals surface area contributed by atoms with Crippen LogP contribution in [0, 0.1) is 12.8 Å². The van der Waals surface area contributed by atoms with Crippen LogP contribution < -0.4 is 5.32 Å². The molecule has 0 aliphatic heterocycles. The molecule has 0 saturated heterocycles. The molecule has 40 heavy (non-hydrogen) atoms. The first-order chi connectivity index (χ1) is 19.1. The van der Waals surface area contributed by atoms with Crippen LogP contribution in [0.4, 0.5) is 0 Å². The van der Waals surface area contributed by atoms with Crippen LogP contribution in [0.3, 0.4) is 0 Å². The highest BCUT2D eigenvalue weighted by molar-refractivity contribution is 7.80. The van der Waals surface area contributed by atoms with Crippen molar-refractivity contribution < 1.29 is 14.7 Å². The Morgan fingerprint density at radius 2 is 1.85 bits per heavy atom. The van der Waals surface area contributed by atoms with Crippen molar-refractivity contribution in [3.05, 3.63) is 87.7 Å². The molecule has 0 aliphatic rings. The Kier molecular flexibility index (Phi) is 9.59. The van der Waals surface area contributed by atoms with Gasteiger partial charge in [0.2, 0.25) is 0 Å². The molecule has 1 atom stereocenters. The van der Waals surface area contributed by atoms with E-state index in [4.69, 9.17) is 16.6 Å². The lowest BCUT2D eigenvalue weighted by atomic mass is 9.98. The van der Waals surface area contributed by atoms with E-state index in [2.05, 4.69) is 43.3 Å². The highest BCUT2D eigenvalue weighted by Crippen LogP contribution is 2.30. The van der Waals surface area contributed by atoms with Crippen molar-refractivity contribution in [3.8, 4) is 11.1 Å². The molecule has 0 radical (unpaired) electrons. The fourth-order valence-electron chi connectivity index (χ4n) is 5.13. The van der Waals surface area contributed by atoms with E-state index in [0.29, 0.717) is 29.3 Å². The van der Waals surface area contributed by atoms with Crippen molar-refractivity contribution in [1.82, 2.24) is 14.9 Å². The zero-order valence-corrected chi connectivity index (χ0v) is 25.0. The maximum atomic E-state index is 13.2. The van der Waals surface area contributed by atoms with E-state index in [9.17, 15) is 14.7 Å². The number of fused-ring (bicyclic) bond motifs is 1. The van der Waals surface area contributed by atoms with Gasteiger partial charge >= 0.3 is 5.97 Å². The normalized spacial score (nSPS) is 12.2. The Hall–Kier alpha value is -3.29. The Balaban J connectivity index is 1.69. The number of carbonyl (C=O) groups is 2. The summed E-state index contributed by atoms with van der Waals surface area (Å²) in [6.07, 6.45) is 2.63. The SMILES string of the molecule is CCCc1nc2c(C)cc(C(=O)N[C@@H](CS)CC(C)C)cc2n1Cc1ccc(-c2cccc(Cl)c2C(=O)O)cc1. The number of carbonyl (C=O) groups excluding carboxylic acids is 1. The minimum atomic E-state index is -1.06. The number of halogens is 1. The molecule has 1 heterocycles. The summed E-state index contributed by atoms with van der Waals surface area (Å²) in [6, 6.07) is 16.8. The smallest absolute Gasteiger partial charge is 0.337 e. The zero-order valence-electron chi connectivity index (χ0n) is 23.4. The fraction of sp³-hybridized carbons (Fsp3) is 0.344. The van der Waals surface area contributed by atoms with Crippen LogP contribution in [0.5, 0.6) is 0 Å². The second-order valence-corrected chi connectivity index (χ2v) is 11.4. The number of hydrogen-bond donors (Lipinski definition) is 3. The fourth-order valence-corrected chi connectivity index (χ4v) is 5.63. The van der Waals surface area contributed by atoms with Crippen molar-refractivity contribution in [2.24, 2.45) is 5.92 Å². The topological polar surface area (TPSA) is 84.2 Å². The van der Waals surface area contributed by atoms with Gasteiger partial charge in [-0.05, 0) is 66.1 Å². The van der Waals surface area contributed by atoms with Crippen LogP contribution in [0.15, 0.2) is 54.6 Å². The molecule has 0 fully saturated rings. The van der Waals surface area contributed by atoms with Crippen molar-refractivity contribution in [2.75, 3.05) is 5.75 Å². The standard InChI is InChI=1S/C32H36ClN3O3S/c1-5-7-28-35-30-20(4)15-23(31(37)34-24(18-40)14-19(2)3)16-27(30)36(28)17-21-10-12-22(13-11-21)25-8-6-9-26(33)29(25)32(38)39/h6,8-13,15-16,19,24,40H,5,7,14,17-18H2,1-4H3,(H,34,37)(H,38,39)/t24-/m1/s1. The van der Waals surface area contributed by atoms with E-state index in [-0.39, 0.29) is 22.5 Å². The Morgan fingerprint density at radius 3 is 2.48 bits per heavy atom. The molecule has 0 unspecified atom stereocenters. The molecule has 1 amide bonds.